The molecule has 0 saturated carbocycles. The lowest BCUT2D eigenvalue weighted by molar-refractivity contribution is -0.0514. The number of aromatic nitrogens is 4. The molecule has 136 valence electrons. The van der Waals surface area contributed by atoms with Crippen molar-refractivity contribution < 1.29 is 20.1 Å². The second-order valence-electron chi connectivity index (χ2n) is 5.91. The van der Waals surface area contributed by atoms with E-state index < -0.39 is 36.7 Å². The molecule has 0 aliphatic carbocycles. The first-order valence-corrected chi connectivity index (χ1v) is 8.00. The largest absolute Gasteiger partial charge is 0.394 e. The maximum Gasteiger partial charge on any atom is 0.278 e. The molecule has 10 nitrogen and oxygen atoms in total. The molecule has 1 fully saturated rings. The third-order valence-corrected chi connectivity index (χ3v) is 4.32. The first-order valence-electron chi connectivity index (χ1n) is 8.00. The van der Waals surface area contributed by atoms with Gasteiger partial charge in [0.1, 0.15) is 18.3 Å². The fourth-order valence-corrected chi connectivity index (χ4v) is 3.04. The van der Waals surface area contributed by atoms with Crippen LogP contribution in [0.4, 0.5) is 0 Å². The second kappa shape index (κ2) is 6.50. The van der Waals surface area contributed by atoms with E-state index in [0.29, 0.717) is 11.5 Å². The molecule has 4 heterocycles. The summed E-state index contributed by atoms with van der Waals surface area (Å²) in [6, 6.07) is 0. The van der Waals surface area contributed by atoms with Gasteiger partial charge in [0, 0.05) is 6.20 Å². The zero-order chi connectivity index (χ0) is 18.3. The van der Waals surface area contributed by atoms with Crippen LogP contribution in [0.2, 0.25) is 0 Å². The summed E-state index contributed by atoms with van der Waals surface area (Å²) in [6.45, 7) is -0.461. The van der Waals surface area contributed by atoms with E-state index in [1.807, 2.05) is 6.08 Å². The number of aliphatic hydroxyl groups excluding tert-OH is 3. The number of rotatable bonds is 3. The fraction of sp³-hybridized carbons (Fsp3) is 0.312. The van der Waals surface area contributed by atoms with Gasteiger partial charge < -0.3 is 30.4 Å². The lowest BCUT2D eigenvalue weighted by Crippen LogP contribution is -2.33. The average Bonchev–Trinajstić information content (AvgIpc) is 3.01. The third kappa shape index (κ3) is 2.56. The zero-order valence-electron chi connectivity index (χ0n) is 13.5. The highest BCUT2D eigenvalue weighted by Gasteiger charge is 2.45. The summed E-state index contributed by atoms with van der Waals surface area (Å²) < 4.78 is 7.06. The Balaban J connectivity index is 1.92. The summed E-state index contributed by atoms with van der Waals surface area (Å²) in [7, 11) is 0. The van der Waals surface area contributed by atoms with Gasteiger partial charge in [0.05, 0.1) is 18.6 Å². The molecule has 0 unspecified atom stereocenters. The van der Waals surface area contributed by atoms with E-state index in [-0.39, 0.29) is 11.2 Å². The van der Waals surface area contributed by atoms with Gasteiger partial charge in [-0.3, -0.25) is 9.36 Å². The van der Waals surface area contributed by atoms with E-state index in [2.05, 4.69) is 20.3 Å². The Kier molecular flexibility index (Phi) is 4.17. The van der Waals surface area contributed by atoms with Crippen molar-refractivity contribution in [3.8, 4) is 0 Å². The molecule has 2 aromatic rings. The summed E-state index contributed by atoms with van der Waals surface area (Å²) in [5.74, 6) is 0.301. The predicted molar refractivity (Wildman–Crippen MR) is 90.6 cm³/mol. The minimum absolute atomic E-state index is 0.0696. The topological polar surface area (TPSA) is 146 Å². The number of nitrogens with one attached hydrogen (secondary N) is 2. The number of hydrogen-bond acceptors (Lipinski definition) is 8. The highest BCUT2D eigenvalue weighted by Crippen LogP contribution is 2.33. The molecule has 0 bridgehead atoms. The third-order valence-electron chi connectivity index (χ3n) is 4.32. The molecule has 0 spiro atoms. The van der Waals surface area contributed by atoms with E-state index in [1.165, 1.54) is 10.9 Å². The lowest BCUT2D eigenvalue weighted by Gasteiger charge is -2.20. The first-order chi connectivity index (χ1) is 12.6. The highest BCUT2D eigenvalue weighted by molar-refractivity contribution is 5.76. The van der Waals surface area contributed by atoms with Crippen molar-refractivity contribution in [2.75, 3.05) is 6.61 Å². The molecule has 5 N–H and O–H groups in total. The van der Waals surface area contributed by atoms with E-state index in [0.717, 1.165) is 0 Å². The second-order valence-corrected chi connectivity index (χ2v) is 5.91. The molecule has 4 atom stereocenters. The quantitative estimate of drug-likeness (QED) is 0.457. The van der Waals surface area contributed by atoms with Crippen LogP contribution in [0.3, 0.4) is 0 Å². The molecule has 2 aliphatic heterocycles. The summed E-state index contributed by atoms with van der Waals surface area (Å²) in [5, 5.41) is 32.9. The predicted octanol–water partition coefficient (Wildman–Crippen LogP) is -1.25. The minimum Gasteiger partial charge on any atom is -0.394 e. The van der Waals surface area contributed by atoms with Gasteiger partial charge in [0.25, 0.3) is 5.56 Å². The number of hydrogen-bond donors (Lipinski definition) is 5. The van der Waals surface area contributed by atoms with Crippen molar-refractivity contribution in [1.29, 1.82) is 0 Å². The number of fused-ring (bicyclic) bond motifs is 1. The lowest BCUT2D eigenvalue weighted by atomic mass is 10.1. The van der Waals surface area contributed by atoms with Crippen LogP contribution in [0.15, 0.2) is 41.6 Å². The van der Waals surface area contributed by atoms with Crippen molar-refractivity contribution in [2.24, 2.45) is 0 Å². The van der Waals surface area contributed by atoms with Crippen LogP contribution in [-0.2, 0) is 4.74 Å². The smallest absolute Gasteiger partial charge is 0.278 e. The van der Waals surface area contributed by atoms with Crippen molar-refractivity contribution in [3.05, 3.63) is 53.0 Å². The summed E-state index contributed by atoms with van der Waals surface area (Å²) >= 11 is 0. The van der Waals surface area contributed by atoms with Gasteiger partial charge in [0.2, 0.25) is 0 Å². The van der Waals surface area contributed by atoms with E-state index in [1.54, 1.807) is 24.4 Å². The average molecular weight is 359 g/mol. The van der Waals surface area contributed by atoms with Gasteiger partial charge in [-0.1, -0.05) is 12.2 Å². The van der Waals surface area contributed by atoms with Gasteiger partial charge >= 0.3 is 0 Å². The van der Waals surface area contributed by atoms with Gasteiger partial charge in [-0.15, -0.1) is 0 Å². The number of H-pyrrole nitrogens is 1. The van der Waals surface area contributed by atoms with E-state index >= 15 is 0 Å². The number of ether oxygens (including phenoxy) is 1. The van der Waals surface area contributed by atoms with Crippen molar-refractivity contribution in [2.45, 2.75) is 24.5 Å². The van der Waals surface area contributed by atoms with Gasteiger partial charge in [-0.2, -0.15) is 0 Å². The monoisotopic (exact) mass is 359 g/mol. The normalized spacial score (nSPS) is 28.2. The molecule has 0 aromatic carbocycles. The Labute approximate surface area is 146 Å². The summed E-state index contributed by atoms with van der Waals surface area (Å²) in [6.07, 6.45) is 5.39. The van der Waals surface area contributed by atoms with Crippen LogP contribution >= 0.6 is 0 Å². The molecule has 10 heteroatoms. The molecule has 2 aromatic heterocycles. The Hall–Kier alpha value is -2.79. The number of nitrogens with zero attached hydrogens (tertiary/aromatic N) is 3. The molecule has 0 radical (unpaired) electrons. The Bertz CT molecular complexity index is 975. The maximum absolute atomic E-state index is 12.1. The molecular formula is C16H17N5O5. The molecule has 0 amide bonds. The van der Waals surface area contributed by atoms with E-state index in [9.17, 15) is 20.1 Å². The van der Waals surface area contributed by atoms with Crippen molar-refractivity contribution in [1.82, 2.24) is 24.8 Å². The van der Waals surface area contributed by atoms with Crippen LogP contribution < -0.4 is 10.9 Å². The van der Waals surface area contributed by atoms with E-state index in [4.69, 9.17) is 4.74 Å². The molecule has 2 aliphatic rings. The molecule has 1 saturated heterocycles. The van der Waals surface area contributed by atoms with Crippen LogP contribution in [-0.4, -0.2) is 59.8 Å². The highest BCUT2D eigenvalue weighted by atomic mass is 16.6. The fourth-order valence-electron chi connectivity index (χ4n) is 3.04. The van der Waals surface area contributed by atoms with Crippen LogP contribution in [0.25, 0.3) is 16.9 Å². The maximum atomic E-state index is 12.1. The molecular weight excluding hydrogens is 342 g/mol. The van der Waals surface area contributed by atoms with Gasteiger partial charge in [0.15, 0.2) is 23.2 Å². The summed E-state index contributed by atoms with van der Waals surface area (Å²) in [5.41, 5.74) is 0.367. The number of aliphatic hydroxyl groups is 3. The SMILES string of the molecule is O=c1[nH]cnc2c1nc(C1=CC=CC=CN1)n2[C@@H]1O[C@H](CO)[C@@H](O)[C@H]1O. The zero-order valence-corrected chi connectivity index (χ0v) is 13.5. The minimum atomic E-state index is -1.33. The van der Waals surface area contributed by atoms with Crippen molar-refractivity contribution in [3.63, 3.8) is 0 Å². The van der Waals surface area contributed by atoms with Gasteiger partial charge in [-0.25, -0.2) is 9.97 Å². The molecule has 26 heavy (non-hydrogen) atoms. The number of allylic oxidation sites excluding steroid dienone is 4. The van der Waals surface area contributed by atoms with Crippen molar-refractivity contribution >= 4 is 16.9 Å². The summed E-state index contributed by atoms with van der Waals surface area (Å²) in [4.78, 5) is 23.1. The van der Waals surface area contributed by atoms with Crippen LogP contribution in [0.5, 0.6) is 0 Å². The van der Waals surface area contributed by atoms with Crippen LogP contribution in [0.1, 0.15) is 12.1 Å². The number of imidazole rings is 1. The first kappa shape index (κ1) is 16.7. The van der Waals surface area contributed by atoms with Gasteiger partial charge in [-0.05, 0) is 12.2 Å². The Morgan fingerprint density at radius 1 is 1.23 bits per heavy atom. The Morgan fingerprint density at radius 3 is 2.85 bits per heavy atom. The van der Waals surface area contributed by atoms with Crippen LogP contribution in [0, 0.1) is 0 Å². The number of aromatic amines is 1. The standard InChI is InChI=1S/C16H17N5O5/c22-6-9-11(23)12(24)16(26-9)21-13(8-4-2-1-3-5-17-8)20-10-14(21)18-7-19-15(10)25/h1-5,7,9,11-12,16-17,22-24H,6H2,(H,18,19,25)/t9-,11-,12-,16-/m1/s1. The molecule has 4 rings (SSSR count). The Morgan fingerprint density at radius 2 is 2.08 bits per heavy atom.